The molecule has 0 aliphatic heterocycles. The van der Waals surface area contributed by atoms with Crippen LogP contribution in [0, 0.1) is 17.0 Å². The highest BCUT2D eigenvalue weighted by Crippen LogP contribution is 2.36. The monoisotopic (exact) mass is 221 g/mol. The molecule has 0 radical (unpaired) electrons. The molecule has 1 rings (SSSR count). The third kappa shape index (κ3) is 1.82. The summed E-state index contributed by atoms with van der Waals surface area (Å²) in [6.45, 7) is 1.43. The molecule has 0 atom stereocenters. The van der Waals surface area contributed by atoms with Crippen molar-refractivity contribution in [3.63, 3.8) is 0 Å². The van der Waals surface area contributed by atoms with Crippen LogP contribution >= 0.6 is 11.6 Å². The molecule has 0 fully saturated rings. The average Bonchev–Trinajstić information content (AvgIpc) is 2.02. The van der Waals surface area contributed by atoms with Gasteiger partial charge in [-0.25, -0.2) is 8.78 Å². The standard InChI is InChI=1S/C8H6ClF2NO2/c1-4-2-3-5(12(13)14)7(9)6(4)8(10)11/h2-3,8H,1H3. The van der Waals surface area contributed by atoms with Crippen molar-refractivity contribution in [3.05, 3.63) is 38.4 Å². The zero-order chi connectivity index (χ0) is 10.9. The smallest absolute Gasteiger partial charge is 0.258 e. The minimum absolute atomic E-state index is 0.246. The van der Waals surface area contributed by atoms with E-state index in [1.54, 1.807) is 0 Å². The summed E-state index contributed by atoms with van der Waals surface area (Å²) in [5, 5.41) is 9.90. The van der Waals surface area contributed by atoms with Gasteiger partial charge in [0.2, 0.25) is 0 Å². The zero-order valence-corrected chi connectivity index (χ0v) is 7.89. The van der Waals surface area contributed by atoms with Crippen LogP contribution in [0.25, 0.3) is 0 Å². The second-order valence-electron chi connectivity index (χ2n) is 2.69. The Bertz CT molecular complexity index is 382. The maximum Gasteiger partial charge on any atom is 0.288 e. The van der Waals surface area contributed by atoms with Crippen LogP contribution in [0.15, 0.2) is 12.1 Å². The highest BCUT2D eigenvalue weighted by molar-refractivity contribution is 6.33. The van der Waals surface area contributed by atoms with Gasteiger partial charge in [0.25, 0.3) is 12.1 Å². The van der Waals surface area contributed by atoms with E-state index in [1.807, 2.05) is 0 Å². The molecule has 0 aliphatic rings. The van der Waals surface area contributed by atoms with E-state index in [9.17, 15) is 18.9 Å². The lowest BCUT2D eigenvalue weighted by Gasteiger charge is -2.06. The molecule has 0 unspecified atom stereocenters. The number of benzene rings is 1. The maximum atomic E-state index is 12.4. The van der Waals surface area contributed by atoms with Crippen molar-refractivity contribution in [2.75, 3.05) is 0 Å². The van der Waals surface area contributed by atoms with Gasteiger partial charge in [-0.1, -0.05) is 17.7 Å². The second kappa shape index (κ2) is 3.88. The highest BCUT2D eigenvalue weighted by Gasteiger charge is 2.23. The van der Waals surface area contributed by atoms with Gasteiger partial charge in [0.1, 0.15) is 5.02 Å². The first-order chi connectivity index (χ1) is 6.45. The molecule has 1 aromatic carbocycles. The summed E-state index contributed by atoms with van der Waals surface area (Å²) >= 11 is 5.48. The van der Waals surface area contributed by atoms with Gasteiger partial charge in [-0.15, -0.1) is 0 Å². The molecule has 0 aromatic heterocycles. The number of nitro benzene ring substituents is 1. The lowest BCUT2D eigenvalue weighted by atomic mass is 10.1. The van der Waals surface area contributed by atoms with Crippen molar-refractivity contribution in [3.8, 4) is 0 Å². The molecule has 1 aromatic rings. The number of hydrogen-bond acceptors (Lipinski definition) is 2. The molecule has 0 spiro atoms. The summed E-state index contributed by atoms with van der Waals surface area (Å²) in [6, 6.07) is 2.37. The van der Waals surface area contributed by atoms with Gasteiger partial charge in [-0.3, -0.25) is 10.1 Å². The van der Waals surface area contributed by atoms with Crippen LogP contribution in [0.4, 0.5) is 14.5 Å². The Balaban J connectivity index is 3.41. The molecule has 14 heavy (non-hydrogen) atoms. The SMILES string of the molecule is Cc1ccc([N+](=O)[O-])c(Cl)c1C(F)F. The van der Waals surface area contributed by atoms with Crippen LogP contribution in [-0.4, -0.2) is 4.92 Å². The predicted octanol–water partition coefficient (Wildman–Crippen LogP) is 3.49. The summed E-state index contributed by atoms with van der Waals surface area (Å²) in [5.41, 5.74) is -0.718. The first kappa shape index (κ1) is 10.8. The van der Waals surface area contributed by atoms with Crippen molar-refractivity contribution < 1.29 is 13.7 Å². The van der Waals surface area contributed by atoms with Crippen molar-refractivity contribution >= 4 is 17.3 Å². The predicted molar refractivity (Wildman–Crippen MR) is 47.8 cm³/mol. The normalized spacial score (nSPS) is 10.6. The number of nitrogens with zero attached hydrogens (tertiary/aromatic N) is 1. The van der Waals surface area contributed by atoms with Crippen LogP contribution < -0.4 is 0 Å². The molecule has 0 aliphatic carbocycles. The quantitative estimate of drug-likeness (QED) is 0.567. The molecule has 3 nitrogen and oxygen atoms in total. The Morgan fingerprint density at radius 2 is 2.07 bits per heavy atom. The van der Waals surface area contributed by atoms with Crippen molar-refractivity contribution in [2.24, 2.45) is 0 Å². The van der Waals surface area contributed by atoms with Crippen LogP contribution in [0.1, 0.15) is 17.6 Å². The summed E-state index contributed by atoms with van der Waals surface area (Å²) in [6.07, 6.45) is -2.80. The average molecular weight is 222 g/mol. The number of aryl methyl sites for hydroxylation is 1. The van der Waals surface area contributed by atoms with E-state index < -0.39 is 27.6 Å². The summed E-state index contributed by atoms with van der Waals surface area (Å²) < 4.78 is 24.9. The Kier molecular flexibility index (Phi) is 3.00. The summed E-state index contributed by atoms with van der Waals surface area (Å²) in [4.78, 5) is 9.60. The molecule has 0 saturated heterocycles. The number of nitro groups is 1. The summed E-state index contributed by atoms with van der Waals surface area (Å²) in [5.74, 6) is 0. The van der Waals surface area contributed by atoms with E-state index in [1.165, 1.54) is 13.0 Å². The second-order valence-corrected chi connectivity index (χ2v) is 3.07. The fourth-order valence-corrected chi connectivity index (χ4v) is 1.45. The number of alkyl halides is 2. The van der Waals surface area contributed by atoms with E-state index in [2.05, 4.69) is 0 Å². The van der Waals surface area contributed by atoms with Gasteiger partial charge in [0.05, 0.1) is 4.92 Å². The van der Waals surface area contributed by atoms with Crippen molar-refractivity contribution in [1.82, 2.24) is 0 Å². The Morgan fingerprint density at radius 1 is 1.50 bits per heavy atom. The van der Waals surface area contributed by atoms with Crippen LogP contribution in [0.3, 0.4) is 0 Å². The van der Waals surface area contributed by atoms with Crippen molar-refractivity contribution in [2.45, 2.75) is 13.3 Å². The Hall–Kier alpha value is -1.23. The molecule has 0 N–H and O–H groups in total. The van der Waals surface area contributed by atoms with E-state index >= 15 is 0 Å². The van der Waals surface area contributed by atoms with E-state index in [0.717, 1.165) is 6.07 Å². The minimum atomic E-state index is -2.80. The number of hydrogen-bond donors (Lipinski definition) is 0. The maximum absolute atomic E-state index is 12.4. The molecule has 0 amide bonds. The van der Waals surface area contributed by atoms with Gasteiger partial charge >= 0.3 is 0 Å². The highest BCUT2D eigenvalue weighted by atomic mass is 35.5. The molecule has 76 valence electrons. The molecule has 0 bridgehead atoms. The largest absolute Gasteiger partial charge is 0.288 e. The lowest BCUT2D eigenvalue weighted by molar-refractivity contribution is -0.384. The molecule has 6 heteroatoms. The van der Waals surface area contributed by atoms with Crippen LogP contribution in [0.5, 0.6) is 0 Å². The first-order valence-corrected chi connectivity index (χ1v) is 4.04. The van der Waals surface area contributed by atoms with E-state index in [0.29, 0.717) is 0 Å². The molecule has 0 saturated carbocycles. The molecular formula is C8H6ClF2NO2. The van der Waals surface area contributed by atoms with Gasteiger partial charge in [-0.05, 0) is 12.5 Å². The zero-order valence-electron chi connectivity index (χ0n) is 7.13. The van der Waals surface area contributed by atoms with Crippen molar-refractivity contribution in [1.29, 1.82) is 0 Å². The van der Waals surface area contributed by atoms with Crippen LogP contribution in [0.2, 0.25) is 5.02 Å². The molecular weight excluding hydrogens is 216 g/mol. The minimum Gasteiger partial charge on any atom is -0.258 e. The third-order valence-corrected chi connectivity index (χ3v) is 2.19. The third-order valence-electron chi connectivity index (χ3n) is 1.79. The topological polar surface area (TPSA) is 43.1 Å². The summed E-state index contributed by atoms with van der Waals surface area (Å²) in [7, 11) is 0. The number of halogens is 3. The van der Waals surface area contributed by atoms with Gasteiger partial charge < -0.3 is 0 Å². The lowest BCUT2D eigenvalue weighted by Crippen LogP contribution is -1.96. The Labute approximate surface area is 83.4 Å². The fraction of sp³-hybridized carbons (Fsp3) is 0.250. The van der Waals surface area contributed by atoms with Crippen LogP contribution in [-0.2, 0) is 0 Å². The molecule has 0 heterocycles. The van der Waals surface area contributed by atoms with Gasteiger partial charge in [0, 0.05) is 11.6 Å². The first-order valence-electron chi connectivity index (χ1n) is 3.66. The van der Waals surface area contributed by atoms with E-state index in [4.69, 9.17) is 11.6 Å². The van der Waals surface area contributed by atoms with Gasteiger partial charge in [-0.2, -0.15) is 0 Å². The Morgan fingerprint density at radius 3 is 2.50 bits per heavy atom. The number of rotatable bonds is 2. The van der Waals surface area contributed by atoms with Gasteiger partial charge in [0.15, 0.2) is 0 Å². The van der Waals surface area contributed by atoms with E-state index in [-0.39, 0.29) is 5.56 Å². The fourth-order valence-electron chi connectivity index (χ4n) is 1.09.